The summed E-state index contributed by atoms with van der Waals surface area (Å²) in [5, 5.41) is 17.4. The van der Waals surface area contributed by atoms with E-state index in [4.69, 9.17) is 22.4 Å². The van der Waals surface area contributed by atoms with E-state index in [1.54, 1.807) is 18.2 Å². The zero-order valence-corrected chi connectivity index (χ0v) is 31.3. The van der Waals surface area contributed by atoms with E-state index < -0.39 is 11.9 Å². The molecular formula is C51H30O8. The summed E-state index contributed by atoms with van der Waals surface area (Å²) in [5.74, 6) is -1.38. The molecule has 4 aromatic heterocycles. The molecule has 0 spiro atoms. The molecule has 0 fully saturated rings. The van der Waals surface area contributed by atoms with Gasteiger partial charge in [0, 0.05) is 65.3 Å². The molecule has 0 aliphatic rings. The van der Waals surface area contributed by atoms with Gasteiger partial charge in [0.25, 0.3) is 0 Å². The third kappa shape index (κ3) is 5.23. The minimum atomic E-state index is -0.986. The molecule has 12 aromatic rings. The number of esters is 1. The molecule has 8 heteroatoms. The number of rotatable bonds is 4. The van der Waals surface area contributed by atoms with Crippen LogP contribution in [0, 0.1) is 0 Å². The van der Waals surface area contributed by atoms with Crippen molar-refractivity contribution in [2.24, 2.45) is 0 Å². The summed E-state index contributed by atoms with van der Waals surface area (Å²) in [5.41, 5.74) is 9.51. The summed E-state index contributed by atoms with van der Waals surface area (Å²) < 4.78 is 29.6. The van der Waals surface area contributed by atoms with Crippen molar-refractivity contribution in [3.8, 4) is 22.3 Å². The van der Waals surface area contributed by atoms with E-state index in [-0.39, 0.29) is 5.56 Å². The van der Waals surface area contributed by atoms with Crippen LogP contribution in [0.1, 0.15) is 20.7 Å². The minimum Gasteiger partial charge on any atom is -0.478 e. The second kappa shape index (κ2) is 13.2. The van der Waals surface area contributed by atoms with Gasteiger partial charge in [0.05, 0.1) is 18.2 Å². The van der Waals surface area contributed by atoms with Crippen molar-refractivity contribution >= 4 is 99.7 Å². The number of carboxylic acids is 1. The molecule has 59 heavy (non-hydrogen) atoms. The third-order valence-electron chi connectivity index (χ3n) is 11.1. The third-order valence-corrected chi connectivity index (χ3v) is 11.1. The maximum Gasteiger partial charge on any atom is 0.338 e. The van der Waals surface area contributed by atoms with Crippen LogP contribution in [0.4, 0.5) is 0 Å². The molecule has 0 atom stereocenters. The number of ether oxygens (including phenoxy) is 1. The van der Waals surface area contributed by atoms with Gasteiger partial charge in [-0.1, -0.05) is 109 Å². The number of aromatic carboxylic acids is 1. The fourth-order valence-corrected chi connectivity index (χ4v) is 8.54. The Kier molecular flexibility index (Phi) is 7.67. The van der Waals surface area contributed by atoms with E-state index in [0.29, 0.717) is 27.9 Å². The van der Waals surface area contributed by atoms with Crippen LogP contribution in [-0.2, 0) is 4.74 Å². The molecule has 0 radical (unpaired) electrons. The smallest absolute Gasteiger partial charge is 0.338 e. The first-order chi connectivity index (χ1) is 29.0. The lowest BCUT2D eigenvalue weighted by Crippen LogP contribution is -2.04. The van der Waals surface area contributed by atoms with Crippen molar-refractivity contribution in [1.29, 1.82) is 0 Å². The Balaban J connectivity index is 0.000000135. The van der Waals surface area contributed by atoms with Crippen molar-refractivity contribution in [1.82, 2.24) is 0 Å². The highest BCUT2D eigenvalue weighted by molar-refractivity contribution is 6.22. The van der Waals surface area contributed by atoms with Crippen LogP contribution in [-0.4, -0.2) is 24.2 Å². The Morgan fingerprint density at radius 3 is 1.25 bits per heavy atom. The highest BCUT2D eigenvalue weighted by atomic mass is 16.5. The molecular weight excluding hydrogens is 741 g/mol. The van der Waals surface area contributed by atoms with Crippen molar-refractivity contribution in [3.05, 3.63) is 169 Å². The average Bonchev–Trinajstić information content (AvgIpc) is 4.05. The molecule has 8 aromatic carbocycles. The van der Waals surface area contributed by atoms with Crippen LogP contribution in [0.2, 0.25) is 0 Å². The second-order valence-electron chi connectivity index (χ2n) is 14.3. The van der Waals surface area contributed by atoms with Crippen molar-refractivity contribution < 1.29 is 37.1 Å². The first kappa shape index (κ1) is 34.2. The zero-order chi connectivity index (χ0) is 39.8. The summed E-state index contributed by atoms with van der Waals surface area (Å²) >= 11 is 0. The van der Waals surface area contributed by atoms with Crippen LogP contribution >= 0.6 is 0 Å². The molecule has 1 N–H and O–H groups in total. The molecule has 0 bridgehead atoms. The number of carboxylic acid groups (broad SMARTS) is 1. The van der Waals surface area contributed by atoms with Crippen LogP contribution in [0.25, 0.3) is 110 Å². The van der Waals surface area contributed by atoms with Gasteiger partial charge in [0.2, 0.25) is 0 Å². The molecule has 4 heterocycles. The van der Waals surface area contributed by atoms with E-state index >= 15 is 0 Å². The fourth-order valence-electron chi connectivity index (χ4n) is 8.54. The zero-order valence-electron chi connectivity index (χ0n) is 31.3. The number of carbonyl (C=O) groups is 2. The number of benzene rings is 8. The minimum absolute atomic E-state index is 0.219. The van der Waals surface area contributed by atoms with Gasteiger partial charge in [0.15, 0.2) is 0 Å². The largest absolute Gasteiger partial charge is 0.478 e. The first-order valence-corrected chi connectivity index (χ1v) is 19.0. The van der Waals surface area contributed by atoms with Gasteiger partial charge in [-0.3, -0.25) is 0 Å². The summed E-state index contributed by atoms with van der Waals surface area (Å²) in [6.07, 6.45) is 0. The summed E-state index contributed by atoms with van der Waals surface area (Å²) in [4.78, 5) is 24.9. The molecule has 0 amide bonds. The lowest BCUT2D eigenvalue weighted by Gasteiger charge is -2.10. The molecule has 0 saturated heterocycles. The van der Waals surface area contributed by atoms with E-state index in [2.05, 4.69) is 0 Å². The molecule has 0 aliphatic carbocycles. The molecule has 0 saturated carbocycles. The van der Waals surface area contributed by atoms with Crippen molar-refractivity contribution in [2.45, 2.75) is 0 Å². The predicted molar refractivity (Wildman–Crippen MR) is 231 cm³/mol. The summed E-state index contributed by atoms with van der Waals surface area (Å²) in [6, 6.07) is 50.0. The standard InChI is InChI=1S/C26H16O4.C25H14O4/c1-28-26(27)19-13-14-22-24(17-8-3-5-12-21(17)29-22)23(19)18-10-6-9-16-15-7-2-4-11-20(15)30-25(16)18;26-25(27)18-12-13-21-23(16-7-2-4-11-20(16)28-21)22(18)17-9-5-8-15-14-6-1-3-10-19(14)29-24(15)17/h2-14H,1H3;1-13H,(H,26,27). The monoisotopic (exact) mass is 770 g/mol. The van der Waals surface area contributed by atoms with Gasteiger partial charge in [-0.25, -0.2) is 9.59 Å². The van der Waals surface area contributed by atoms with E-state index in [9.17, 15) is 14.7 Å². The number of carbonyl (C=O) groups excluding carboxylic acids is 1. The van der Waals surface area contributed by atoms with E-state index in [1.165, 1.54) is 7.11 Å². The van der Waals surface area contributed by atoms with Gasteiger partial charge in [-0.2, -0.15) is 0 Å². The topological polar surface area (TPSA) is 116 Å². The number of hydrogen-bond donors (Lipinski definition) is 1. The summed E-state index contributed by atoms with van der Waals surface area (Å²) in [7, 11) is 1.39. The van der Waals surface area contributed by atoms with Gasteiger partial charge in [0.1, 0.15) is 44.7 Å². The van der Waals surface area contributed by atoms with Gasteiger partial charge in [-0.05, 0) is 48.5 Å². The molecule has 0 aliphatic heterocycles. The highest BCUT2D eigenvalue weighted by Gasteiger charge is 2.25. The van der Waals surface area contributed by atoms with Gasteiger partial charge in [-0.15, -0.1) is 0 Å². The number of para-hydroxylation sites is 6. The Bertz CT molecular complexity index is 3670. The molecule has 8 nitrogen and oxygen atoms in total. The summed E-state index contributed by atoms with van der Waals surface area (Å²) in [6.45, 7) is 0. The number of methoxy groups -OCH3 is 1. The highest BCUT2D eigenvalue weighted by Crippen LogP contribution is 2.45. The Labute approximate surface area is 334 Å². The lowest BCUT2D eigenvalue weighted by atomic mass is 9.93. The number of hydrogen-bond acceptors (Lipinski definition) is 7. The van der Waals surface area contributed by atoms with Gasteiger partial charge < -0.3 is 27.5 Å². The average molecular weight is 771 g/mol. The maximum atomic E-state index is 12.7. The SMILES string of the molecule is COC(=O)c1ccc2oc3ccccc3c2c1-c1cccc2c1oc1ccccc12.O=C(O)c1ccc2oc3ccccc3c2c1-c1cccc2c1oc1ccccc12. The molecule has 12 rings (SSSR count). The van der Waals surface area contributed by atoms with Crippen LogP contribution < -0.4 is 0 Å². The maximum absolute atomic E-state index is 12.7. The molecule has 0 unspecified atom stereocenters. The fraction of sp³-hybridized carbons (Fsp3) is 0.0196. The van der Waals surface area contributed by atoms with Gasteiger partial charge >= 0.3 is 11.9 Å². The van der Waals surface area contributed by atoms with E-state index in [0.717, 1.165) is 87.7 Å². The predicted octanol–water partition coefficient (Wildman–Crippen LogP) is 13.8. The van der Waals surface area contributed by atoms with Crippen molar-refractivity contribution in [3.63, 3.8) is 0 Å². The molecule has 282 valence electrons. The Hall–Kier alpha value is -8.10. The number of furan rings is 4. The second-order valence-corrected chi connectivity index (χ2v) is 14.3. The number of fused-ring (bicyclic) bond motifs is 12. The first-order valence-electron chi connectivity index (χ1n) is 19.0. The normalized spacial score (nSPS) is 11.7. The van der Waals surface area contributed by atoms with Crippen LogP contribution in [0.15, 0.2) is 175 Å². The van der Waals surface area contributed by atoms with Crippen LogP contribution in [0.3, 0.4) is 0 Å². The Morgan fingerprint density at radius 2 is 0.797 bits per heavy atom. The van der Waals surface area contributed by atoms with Crippen LogP contribution in [0.5, 0.6) is 0 Å². The van der Waals surface area contributed by atoms with E-state index in [1.807, 2.05) is 140 Å². The lowest BCUT2D eigenvalue weighted by molar-refractivity contribution is 0.0601. The Morgan fingerprint density at radius 1 is 0.407 bits per heavy atom. The van der Waals surface area contributed by atoms with Crippen molar-refractivity contribution in [2.75, 3.05) is 7.11 Å². The quantitative estimate of drug-likeness (QED) is 0.176.